The van der Waals surface area contributed by atoms with Crippen molar-refractivity contribution in [2.75, 3.05) is 20.2 Å². The molecule has 1 aromatic rings. The zero-order chi connectivity index (χ0) is 14.7. The van der Waals surface area contributed by atoms with E-state index in [0.29, 0.717) is 0 Å². The topological polar surface area (TPSA) is 21.3 Å². The molecule has 0 radical (unpaired) electrons. The van der Waals surface area contributed by atoms with Gasteiger partial charge in [-0.3, -0.25) is 0 Å². The fraction of sp³-hybridized carbons (Fsp3) is 0.647. The van der Waals surface area contributed by atoms with E-state index in [1.54, 1.807) is 0 Å². The number of hydrogen-bond acceptors (Lipinski definition) is 2. The Morgan fingerprint density at radius 3 is 2.26 bits per heavy atom. The summed E-state index contributed by atoms with van der Waals surface area (Å²) >= 11 is 0. The molecule has 0 atom stereocenters. The van der Waals surface area contributed by atoms with Gasteiger partial charge in [0, 0.05) is 12.0 Å². The Labute approximate surface area is 118 Å². The second-order valence-corrected chi connectivity index (χ2v) is 7.23. The van der Waals surface area contributed by atoms with E-state index in [1.165, 1.54) is 11.1 Å². The van der Waals surface area contributed by atoms with Crippen LogP contribution in [0.3, 0.4) is 0 Å². The number of benzene rings is 1. The fourth-order valence-corrected chi connectivity index (χ4v) is 2.16. The van der Waals surface area contributed by atoms with E-state index in [4.69, 9.17) is 4.74 Å². The van der Waals surface area contributed by atoms with Crippen LogP contribution in [0.5, 0.6) is 5.75 Å². The largest absolute Gasteiger partial charge is 0.493 e. The molecule has 0 heterocycles. The zero-order valence-electron chi connectivity index (χ0n) is 13.6. The lowest BCUT2D eigenvalue weighted by molar-refractivity contribution is 0.176. The van der Waals surface area contributed by atoms with E-state index >= 15 is 0 Å². The van der Waals surface area contributed by atoms with E-state index in [-0.39, 0.29) is 10.8 Å². The van der Waals surface area contributed by atoms with E-state index in [0.717, 1.165) is 18.9 Å². The molecule has 1 N–H and O–H groups in total. The van der Waals surface area contributed by atoms with Gasteiger partial charge in [-0.2, -0.15) is 0 Å². The van der Waals surface area contributed by atoms with Gasteiger partial charge in [0.15, 0.2) is 0 Å². The highest BCUT2D eigenvalue weighted by Gasteiger charge is 2.22. The quantitative estimate of drug-likeness (QED) is 0.869. The van der Waals surface area contributed by atoms with Gasteiger partial charge < -0.3 is 10.1 Å². The minimum absolute atomic E-state index is 0.106. The Kier molecular flexibility index (Phi) is 5.03. The van der Waals surface area contributed by atoms with Crippen molar-refractivity contribution in [3.8, 4) is 5.75 Å². The highest BCUT2D eigenvalue weighted by atomic mass is 16.5. The monoisotopic (exact) mass is 263 g/mol. The lowest BCUT2D eigenvalue weighted by Crippen LogP contribution is -2.32. The maximum Gasteiger partial charge on any atom is 0.123 e. The molecule has 0 aromatic heterocycles. The third kappa shape index (κ3) is 4.87. The molecule has 0 saturated heterocycles. The molecule has 1 aromatic carbocycles. The van der Waals surface area contributed by atoms with Crippen molar-refractivity contribution in [2.45, 2.75) is 47.0 Å². The maximum atomic E-state index is 6.10. The summed E-state index contributed by atoms with van der Waals surface area (Å²) in [7, 11) is 1.98. The zero-order valence-corrected chi connectivity index (χ0v) is 13.6. The van der Waals surface area contributed by atoms with Crippen LogP contribution in [0, 0.1) is 12.3 Å². The van der Waals surface area contributed by atoms with Crippen LogP contribution in [0.25, 0.3) is 0 Å². The van der Waals surface area contributed by atoms with Gasteiger partial charge >= 0.3 is 0 Å². The van der Waals surface area contributed by atoms with Crippen molar-refractivity contribution >= 4 is 0 Å². The van der Waals surface area contributed by atoms with Crippen molar-refractivity contribution in [1.29, 1.82) is 0 Å². The molecule has 0 spiro atoms. The average molecular weight is 263 g/mol. The predicted octanol–water partition coefficient (Wildman–Crippen LogP) is 3.92. The van der Waals surface area contributed by atoms with Crippen molar-refractivity contribution < 1.29 is 4.74 Å². The van der Waals surface area contributed by atoms with Crippen LogP contribution in [0.1, 0.15) is 45.7 Å². The Morgan fingerprint density at radius 2 is 1.74 bits per heavy atom. The smallest absolute Gasteiger partial charge is 0.123 e. The van der Waals surface area contributed by atoms with Crippen LogP contribution in [0.4, 0.5) is 0 Å². The molecule has 0 saturated carbocycles. The van der Waals surface area contributed by atoms with Gasteiger partial charge in [0.2, 0.25) is 0 Å². The summed E-state index contributed by atoms with van der Waals surface area (Å²) in [6.45, 7) is 14.9. The van der Waals surface area contributed by atoms with Crippen LogP contribution in [0.2, 0.25) is 0 Å². The maximum absolute atomic E-state index is 6.10. The summed E-state index contributed by atoms with van der Waals surface area (Å²) in [6, 6.07) is 6.46. The number of rotatable bonds is 5. The van der Waals surface area contributed by atoms with E-state index in [1.807, 2.05) is 7.05 Å². The number of aryl methyl sites for hydroxylation is 1. The van der Waals surface area contributed by atoms with Crippen LogP contribution < -0.4 is 10.1 Å². The van der Waals surface area contributed by atoms with Gasteiger partial charge in [-0.05, 0) is 31.0 Å². The second-order valence-electron chi connectivity index (χ2n) is 7.23. The summed E-state index contributed by atoms with van der Waals surface area (Å²) in [5, 5.41) is 3.22. The van der Waals surface area contributed by atoms with Gasteiger partial charge in [0.25, 0.3) is 0 Å². The number of hydrogen-bond donors (Lipinski definition) is 1. The Bertz CT molecular complexity index is 416. The summed E-state index contributed by atoms with van der Waals surface area (Å²) in [4.78, 5) is 0. The third-order valence-electron chi connectivity index (χ3n) is 3.22. The second kappa shape index (κ2) is 5.96. The average Bonchev–Trinajstić information content (AvgIpc) is 2.26. The van der Waals surface area contributed by atoms with Crippen molar-refractivity contribution in [1.82, 2.24) is 5.32 Å². The molecule has 0 aliphatic heterocycles. The van der Waals surface area contributed by atoms with Crippen LogP contribution in [-0.4, -0.2) is 20.2 Å². The van der Waals surface area contributed by atoms with Gasteiger partial charge in [0.05, 0.1) is 6.61 Å². The molecule has 108 valence electrons. The Morgan fingerprint density at radius 1 is 1.11 bits per heavy atom. The summed E-state index contributed by atoms with van der Waals surface area (Å²) in [6.07, 6.45) is 0. The lowest BCUT2D eigenvalue weighted by Gasteiger charge is -2.28. The number of nitrogens with one attached hydrogen (secondary N) is 1. The SMILES string of the molecule is CNCC(C)(C)COc1ccc(C)cc1C(C)(C)C. The van der Waals surface area contributed by atoms with Gasteiger partial charge in [-0.15, -0.1) is 0 Å². The molecule has 0 fully saturated rings. The first-order valence-electron chi connectivity index (χ1n) is 7.04. The van der Waals surface area contributed by atoms with Crippen molar-refractivity contribution in [3.05, 3.63) is 29.3 Å². The van der Waals surface area contributed by atoms with Gasteiger partial charge in [-0.25, -0.2) is 0 Å². The normalized spacial score (nSPS) is 12.6. The molecule has 0 unspecified atom stereocenters. The van der Waals surface area contributed by atoms with E-state index < -0.39 is 0 Å². The Hall–Kier alpha value is -1.02. The minimum Gasteiger partial charge on any atom is -0.493 e. The highest BCUT2D eigenvalue weighted by Crippen LogP contribution is 2.33. The molecular weight excluding hydrogens is 234 g/mol. The van der Waals surface area contributed by atoms with Crippen LogP contribution >= 0.6 is 0 Å². The standard InChI is InChI=1S/C17H29NO/c1-13-8-9-15(14(10-13)16(2,3)4)19-12-17(5,6)11-18-7/h8-10,18H,11-12H2,1-7H3. The lowest BCUT2D eigenvalue weighted by atomic mass is 9.85. The van der Waals surface area contributed by atoms with Crippen LogP contribution in [-0.2, 0) is 5.41 Å². The number of ether oxygens (including phenoxy) is 1. The molecule has 19 heavy (non-hydrogen) atoms. The first-order valence-corrected chi connectivity index (χ1v) is 7.04. The predicted molar refractivity (Wildman–Crippen MR) is 83.1 cm³/mol. The molecule has 2 nitrogen and oxygen atoms in total. The van der Waals surface area contributed by atoms with Crippen molar-refractivity contribution in [2.24, 2.45) is 5.41 Å². The molecule has 0 bridgehead atoms. The molecule has 0 aliphatic carbocycles. The van der Waals surface area contributed by atoms with E-state index in [9.17, 15) is 0 Å². The fourth-order valence-electron chi connectivity index (χ4n) is 2.16. The molecule has 1 rings (SSSR count). The van der Waals surface area contributed by atoms with Crippen molar-refractivity contribution in [3.63, 3.8) is 0 Å². The summed E-state index contributed by atoms with van der Waals surface area (Å²) in [5.41, 5.74) is 2.81. The minimum atomic E-state index is 0.106. The van der Waals surface area contributed by atoms with E-state index in [2.05, 4.69) is 65.1 Å². The first-order chi connectivity index (χ1) is 8.65. The summed E-state index contributed by atoms with van der Waals surface area (Å²) < 4.78 is 6.10. The molecule has 0 amide bonds. The Balaban J connectivity index is 2.90. The molecular formula is C17H29NO. The molecule has 0 aliphatic rings. The van der Waals surface area contributed by atoms with Gasteiger partial charge in [-0.1, -0.05) is 52.3 Å². The van der Waals surface area contributed by atoms with Crippen LogP contribution in [0.15, 0.2) is 18.2 Å². The van der Waals surface area contributed by atoms with Gasteiger partial charge in [0.1, 0.15) is 5.75 Å². The molecule has 2 heteroatoms. The highest BCUT2D eigenvalue weighted by molar-refractivity contribution is 5.41. The summed E-state index contributed by atoms with van der Waals surface area (Å²) in [5.74, 6) is 1.02. The third-order valence-corrected chi connectivity index (χ3v) is 3.22. The first kappa shape index (κ1) is 16.0.